The zero-order valence-corrected chi connectivity index (χ0v) is 14.1. The summed E-state index contributed by atoms with van der Waals surface area (Å²) in [7, 11) is 0. The van der Waals surface area contributed by atoms with E-state index >= 15 is 0 Å². The van der Waals surface area contributed by atoms with Crippen LogP contribution in [0.5, 0.6) is 11.5 Å². The van der Waals surface area contributed by atoms with Crippen LogP contribution in [0, 0.1) is 13.8 Å². The van der Waals surface area contributed by atoms with Crippen LogP contribution in [0.25, 0.3) is 6.08 Å². The minimum absolute atomic E-state index is 0.0428. The van der Waals surface area contributed by atoms with Crippen LogP contribution >= 0.6 is 0 Å². The van der Waals surface area contributed by atoms with Crippen LogP contribution in [-0.4, -0.2) is 12.7 Å². The van der Waals surface area contributed by atoms with E-state index in [2.05, 4.69) is 37.4 Å². The molecule has 0 aromatic heterocycles. The first-order valence-electron chi connectivity index (χ1n) is 7.98. The van der Waals surface area contributed by atoms with Crippen LogP contribution in [-0.2, 0) is 4.79 Å². The third-order valence-electron chi connectivity index (χ3n) is 4.08. The van der Waals surface area contributed by atoms with Gasteiger partial charge in [-0.05, 0) is 55.7 Å². The predicted molar refractivity (Wildman–Crippen MR) is 94.1 cm³/mol. The second kappa shape index (κ2) is 6.79. The molecule has 1 heterocycles. The van der Waals surface area contributed by atoms with E-state index in [1.54, 1.807) is 12.2 Å². The third-order valence-corrected chi connectivity index (χ3v) is 4.08. The molecule has 0 fully saturated rings. The minimum Gasteiger partial charge on any atom is -0.454 e. The number of rotatable bonds is 4. The summed E-state index contributed by atoms with van der Waals surface area (Å²) < 4.78 is 10.6. The smallest absolute Gasteiger partial charge is 0.244 e. The average Bonchev–Trinajstić information content (AvgIpc) is 3.02. The number of amides is 1. The molecule has 3 rings (SSSR count). The topological polar surface area (TPSA) is 47.6 Å². The highest BCUT2D eigenvalue weighted by atomic mass is 16.7. The summed E-state index contributed by atoms with van der Waals surface area (Å²) in [6.07, 6.45) is 3.31. The number of ether oxygens (including phenoxy) is 2. The van der Waals surface area contributed by atoms with Gasteiger partial charge in [-0.1, -0.05) is 29.8 Å². The molecule has 0 bridgehead atoms. The zero-order chi connectivity index (χ0) is 17.1. The summed E-state index contributed by atoms with van der Waals surface area (Å²) in [5, 5.41) is 3.01. The normalized spacial score (nSPS) is 14.0. The van der Waals surface area contributed by atoms with Crippen LogP contribution in [0.2, 0.25) is 0 Å². The van der Waals surface area contributed by atoms with Crippen molar-refractivity contribution in [3.8, 4) is 11.5 Å². The number of aryl methyl sites for hydroxylation is 2. The molecule has 24 heavy (non-hydrogen) atoms. The van der Waals surface area contributed by atoms with Crippen molar-refractivity contribution in [2.75, 3.05) is 6.79 Å². The van der Waals surface area contributed by atoms with E-state index in [9.17, 15) is 4.79 Å². The Kier molecular flexibility index (Phi) is 4.56. The highest BCUT2D eigenvalue weighted by Crippen LogP contribution is 2.32. The Labute approximate surface area is 142 Å². The van der Waals surface area contributed by atoms with Gasteiger partial charge in [0.05, 0.1) is 6.04 Å². The molecule has 0 unspecified atom stereocenters. The summed E-state index contributed by atoms with van der Waals surface area (Å²) in [5.41, 5.74) is 4.40. The van der Waals surface area contributed by atoms with Crippen molar-refractivity contribution < 1.29 is 14.3 Å². The molecule has 124 valence electrons. The molecule has 4 nitrogen and oxygen atoms in total. The number of carbonyl (C=O) groups excluding carboxylic acids is 1. The van der Waals surface area contributed by atoms with E-state index in [-0.39, 0.29) is 18.7 Å². The summed E-state index contributed by atoms with van der Waals surface area (Å²) in [4.78, 5) is 12.2. The highest BCUT2D eigenvalue weighted by molar-refractivity contribution is 5.92. The maximum Gasteiger partial charge on any atom is 0.244 e. The molecular formula is C20H21NO3. The Morgan fingerprint density at radius 3 is 2.75 bits per heavy atom. The molecule has 1 aliphatic heterocycles. The fraction of sp³-hybridized carbons (Fsp3) is 0.250. The van der Waals surface area contributed by atoms with Crippen molar-refractivity contribution in [3.63, 3.8) is 0 Å². The lowest BCUT2D eigenvalue weighted by atomic mass is 10.00. The summed E-state index contributed by atoms with van der Waals surface area (Å²) >= 11 is 0. The minimum atomic E-state index is -0.124. The van der Waals surface area contributed by atoms with Gasteiger partial charge in [0.25, 0.3) is 0 Å². The summed E-state index contributed by atoms with van der Waals surface area (Å²) in [5.74, 6) is 1.32. The fourth-order valence-electron chi connectivity index (χ4n) is 2.75. The number of hydrogen-bond donors (Lipinski definition) is 1. The van der Waals surface area contributed by atoms with Gasteiger partial charge in [0.15, 0.2) is 11.5 Å². The average molecular weight is 323 g/mol. The maximum atomic E-state index is 12.2. The molecule has 0 saturated carbocycles. The molecular weight excluding hydrogens is 302 g/mol. The van der Waals surface area contributed by atoms with Crippen LogP contribution in [0.4, 0.5) is 0 Å². The van der Waals surface area contributed by atoms with E-state index < -0.39 is 0 Å². The second-order valence-electron chi connectivity index (χ2n) is 6.04. The van der Waals surface area contributed by atoms with Gasteiger partial charge in [0.2, 0.25) is 12.7 Å². The fourth-order valence-corrected chi connectivity index (χ4v) is 2.75. The lowest BCUT2D eigenvalue weighted by molar-refractivity contribution is -0.117. The lowest BCUT2D eigenvalue weighted by Crippen LogP contribution is -2.25. The number of benzene rings is 2. The Hall–Kier alpha value is -2.75. The van der Waals surface area contributed by atoms with Gasteiger partial charge in [0.1, 0.15) is 0 Å². The first-order chi connectivity index (χ1) is 11.5. The van der Waals surface area contributed by atoms with E-state index in [0.29, 0.717) is 5.75 Å². The van der Waals surface area contributed by atoms with Crippen molar-refractivity contribution in [3.05, 3.63) is 64.7 Å². The Balaban J connectivity index is 1.65. The van der Waals surface area contributed by atoms with Crippen molar-refractivity contribution >= 4 is 12.0 Å². The molecule has 0 saturated heterocycles. The first-order valence-corrected chi connectivity index (χ1v) is 7.98. The monoisotopic (exact) mass is 323 g/mol. The third kappa shape index (κ3) is 3.59. The van der Waals surface area contributed by atoms with Crippen molar-refractivity contribution in [2.24, 2.45) is 0 Å². The first kappa shape index (κ1) is 16.1. The van der Waals surface area contributed by atoms with Crippen molar-refractivity contribution in [1.82, 2.24) is 5.32 Å². The summed E-state index contributed by atoms with van der Waals surface area (Å²) in [6, 6.07) is 11.8. The number of nitrogens with one attached hydrogen (secondary N) is 1. The summed E-state index contributed by atoms with van der Waals surface area (Å²) in [6.45, 7) is 6.35. The largest absolute Gasteiger partial charge is 0.454 e. The Morgan fingerprint density at radius 2 is 1.92 bits per heavy atom. The molecule has 1 aliphatic rings. The van der Waals surface area contributed by atoms with E-state index in [1.165, 1.54) is 11.1 Å². The second-order valence-corrected chi connectivity index (χ2v) is 6.04. The standard InChI is InChI=1S/C20H21NO3/c1-13-4-5-14(2)17(10-13)15(3)21-20(22)9-7-16-6-8-18-19(11-16)24-12-23-18/h4-11,15H,12H2,1-3H3,(H,21,22)/b9-7+/t15-/m0/s1. The van der Waals surface area contributed by atoms with Gasteiger partial charge in [-0.2, -0.15) is 0 Å². The van der Waals surface area contributed by atoms with Gasteiger partial charge in [-0.3, -0.25) is 4.79 Å². The highest BCUT2D eigenvalue weighted by Gasteiger charge is 2.13. The molecule has 0 radical (unpaired) electrons. The molecule has 0 spiro atoms. The van der Waals surface area contributed by atoms with E-state index in [1.807, 2.05) is 25.1 Å². The molecule has 4 heteroatoms. The molecule has 2 aromatic carbocycles. The van der Waals surface area contributed by atoms with E-state index in [0.717, 1.165) is 16.9 Å². The molecule has 1 amide bonds. The predicted octanol–water partition coefficient (Wildman–Crippen LogP) is 3.92. The van der Waals surface area contributed by atoms with Crippen molar-refractivity contribution in [1.29, 1.82) is 0 Å². The van der Waals surface area contributed by atoms with Crippen LogP contribution in [0.15, 0.2) is 42.5 Å². The molecule has 1 atom stereocenters. The molecule has 0 aliphatic carbocycles. The number of hydrogen-bond acceptors (Lipinski definition) is 3. The number of fused-ring (bicyclic) bond motifs is 1. The SMILES string of the molecule is Cc1ccc(C)c([C@H](C)NC(=O)/C=C/c2ccc3c(c2)OCO3)c1. The van der Waals surface area contributed by atoms with Crippen LogP contribution in [0.3, 0.4) is 0 Å². The van der Waals surface area contributed by atoms with Gasteiger partial charge in [-0.25, -0.2) is 0 Å². The van der Waals surface area contributed by atoms with Crippen LogP contribution in [0.1, 0.15) is 35.2 Å². The Bertz CT molecular complexity index is 795. The van der Waals surface area contributed by atoms with Gasteiger partial charge >= 0.3 is 0 Å². The van der Waals surface area contributed by atoms with E-state index in [4.69, 9.17) is 9.47 Å². The Morgan fingerprint density at radius 1 is 1.12 bits per heavy atom. The molecule has 1 N–H and O–H groups in total. The maximum absolute atomic E-state index is 12.2. The van der Waals surface area contributed by atoms with Gasteiger partial charge in [0, 0.05) is 6.08 Å². The van der Waals surface area contributed by atoms with Crippen molar-refractivity contribution in [2.45, 2.75) is 26.8 Å². The molecule has 2 aromatic rings. The van der Waals surface area contributed by atoms with Crippen LogP contribution < -0.4 is 14.8 Å². The zero-order valence-electron chi connectivity index (χ0n) is 14.1. The van der Waals surface area contributed by atoms with Gasteiger partial charge in [-0.15, -0.1) is 0 Å². The number of carbonyl (C=O) groups is 1. The van der Waals surface area contributed by atoms with Gasteiger partial charge < -0.3 is 14.8 Å². The quantitative estimate of drug-likeness (QED) is 0.868. The lowest BCUT2D eigenvalue weighted by Gasteiger charge is -2.16.